The number of anilines is 1. The predicted molar refractivity (Wildman–Crippen MR) is 75.3 cm³/mol. The predicted octanol–water partition coefficient (Wildman–Crippen LogP) is 4.13. The lowest BCUT2D eigenvalue weighted by atomic mass is 9.43. The zero-order valence-corrected chi connectivity index (χ0v) is 11.3. The number of benzene rings is 1. The Labute approximate surface area is 110 Å². The standard InChI is InChI=1S/C17H23N/c1-16-7-12-6-13(8-16)10-17(9-12,11-16)14-4-2-3-5-15(14)18/h2-5,12-13H,6-11,18H2,1H3. The van der Waals surface area contributed by atoms with E-state index < -0.39 is 0 Å². The summed E-state index contributed by atoms with van der Waals surface area (Å²) in [6, 6.07) is 8.63. The van der Waals surface area contributed by atoms with Crippen LogP contribution in [0, 0.1) is 17.3 Å². The molecule has 4 aliphatic rings. The van der Waals surface area contributed by atoms with Crippen LogP contribution < -0.4 is 5.73 Å². The summed E-state index contributed by atoms with van der Waals surface area (Å²) in [7, 11) is 0. The average molecular weight is 241 g/mol. The molecule has 2 N–H and O–H groups in total. The summed E-state index contributed by atoms with van der Waals surface area (Å²) in [5.74, 6) is 1.94. The molecule has 1 heteroatoms. The molecule has 4 saturated carbocycles. The first-order valence-corrected chi connectivity index (χ1v) is 7.44. The molecule has 0 spiro atoms. The van der Waals surface area contributed by atoms with E-state index in [2.05, 4.69) is 31.2 Å². The molecule has 0 aromatic heterocycles. The number of nitrogens with two attached hydrogens (primary N) is 1. The molecule has 2 atom stereocenters. The topological polar surface area (TPSA) is 26.0 Å². The summed E-state index contributed by atoms with van der Waals surface area (Å²) < 4.78 is 0. The van der Waals surface area contributed by atoms with Crippen LogP contribution in [0.2, 0.25) is 0 Å². The molecule has 1 aromatic rings. The van der Waals surface area contributed by atoms with Crippen molar-refractivity contribution in [1.29, 1.82) is 0 Å². The summed E-state index contributed by atoms with van der Waals surface area (Å²) in [5, 5.41) is 0. The van der Waals surface area contributed by atoms with Gasteiger partial charge in [-0.3, -0.25) is 0 Å². The molecule has 5 rings (SSSR count). The first-order valence-electron chi connectivity index (χ1n) is 7.44. The van der Waals surface area contributed by atoms with Crippen LogP contribution >= 0.6 is 0 Å². The summed E-state index contributed by atoms with van der Waals surface area (Å²) in [4.78, 5) is 0. The van der Waals surface area contributed by atoms with Gasteiger partial charge in [0.15, 0.2) is 0 Å². The number of nitrogen functional groups attached to an aromatic ring is 1. The maximum Gasteiger partial charge on any atom is 0.0352 e. The molecule has 1 aromatic carbocycles. The largest absolute Gasteiger partial charge is 0.398 e. The van der Waals surface area contributed by atoms with Crippen molar-refractivity contribution in [2.24, 2.45) is 17.3 Å². The highest BCUT2D eigenvalue weighted by atomic mass is 14.6. The van der Waals surface area contributed by atoms with Gasteiger partial charge in [-0.25, -0.2) is 0 Å². The Morgan fingerprint density at radius 2 is 1.72 bits per heavy atom. The lowest BCUT2D eigenvalue weighted by Gasteiger charge is -2.61. The van der Waals surface area contributed by atoms with Gasteiger partial charge in [0, 0.05) is 5.69 Å². The highest BCUT2D eigenvalue weighted by molar-refractivity contribution is 5.51. The summed E-state index contributed by atoms with van der Waals surface area (Å²) >= 11 is 0. The maximum atomic E-state index is 6.29. The van der Waals surface area contributed by atoms with Crippen molar-refractivity contribution in [2.45, 2.75) is 50.9 Å². The zero-order valence-electron chi connectivity index (χ0n) is 11.3. The molecule has 0 aliphatic heterocycles. The van der Waals surface area contributed by atoms with E-state index in [9.17, 15) is 0 Å². The third-order valence-corrected chi connectivity index (χ3v) is 5.89. The molecule has 4 aliphatic carbocycles. The zero-order chi connectivity index (χ0) is 12.4. The van der Waals surface area contributed by atoms with Gasteiger partial charge in [0.05, 0.1) is 0 Å². The van der Waals surface area contributed by atoms with Crippen LogP contribution in [0.15, 0.2) is 24.3 Å². The van der Waals surface area contributed by atoms with E-state index in [1.807, 2.05) is 0 Å². The normalized spacial score (nSPS) is 45.4. The summed E-state index contributed by atoms with van der Waals surface area (Å²) in [6.45, 7) is 2.53. The van der Waals surface area contributed by atoms with E-state index in [0.29, 0.717) is 10.8 Å². The van der Waals surface area contributed by atoms with E-state index in [1.54, 1.807) is 0 Å². The Balaban J connectivity index is 1.82. The highest BCUT2D eigenvalue weighted by Gasteiger charge is 2.56. The molecular formula is C17H23N. The van der Waals surface area contributed by atoms with Crippen molar-refractivity contribution in [1.82, 2.24) is 0 Å². The van der Waals surface area contributed by atoms with Gasteiger partial charge in [-0.15, -0.1) is 0 Å². The van der Waals surface area contributed by atoms with E-state index >= 15 is 0 Å². The molecule has 96 valence electrons. The van der Waals surface area contributed by atoms with E-state index in [4.69, 9.17) is 5.73 Å². The van der Waals surface area contributed by atoms with Crippen molar-refractivity contribution in [2.75, 3.05) is 5.73 Å². The van der Waals surface area contributed by atoms with Gasteiger partial charge >= 0.3 is 0 Å². The Bertz CT molecular complexity index is 476. The molecule has 18 heavy (non-hydrogen) atoms. The Kier molecular flexibility index (Phi) is 2.01. The fourth-order valence-electron chi connectivity index (χ4n) is 6.02. The minimum Gasteiger partial charge on any atom is -0.398 e. The molecule has 4 fully saturated rings. The van der Waals surface area contributed by atoms with Crippen molar-refractivity contribution in [3.63, 3.8) is 0 Å². The lowest BCUT2D eigenvalue weighted by molar-refractivity contribution is -0.0612. The van der Waals surface area contributed by atoms with E-state index in [-0.39, 0.29) is 0 Å². The van der Waals surface area contributed by atoms with Crippen LogP contribution in [0.3, 0.4) is 0 Å². The van der Waals surface area contributed by atoms with E-state index in [0.717, 1.165) is 17.5 Å². The molecule has 2 unspecified atom stereocenters. The smallest absolute Gasteiger partial charge is 0.0352 e. The highest BCUT2D eigenvalue weighted by Crippen LogP contribution is 2.66. The number of para-hydroxylation sites is 1. The van der Waals surface area contributed by atoms with Gasteiger partial charge in [0.25, 0.3) is 0 Å². The van der Waals surface area contributed by atoms with Crippen LogP contribution in [0.4, 0.5) is 5.69 Å². The van der Waals surface area contributed by atoms with Crippen LogP contribution in [-0.4, -0.2) is 0 Å². The van der Waals surface area contributed by atoms with Crippen molar-refractivity contribution < 1.29 is 0 Å². The van der Waals surface area contributed by atoms with Gasteiger partial charge < -0.3 is 5.73 Å². The van der Waals surface area contributed by atoms with Crippen molar-refractivity contribution in [3.8, 4) is 0 Å². The van der Waals surface area contributed by atoms with Gasteiger partial charge in [-0.05, 0) is 72.8 Å². The molecule has 1 nitrogen and oxygen atoms in total. The third kappa shape index (κ3) is 1.39. The second-order valence-corrected chi connectivity index (χ2v) is 7.64. The molecule has 0 heterocycles. The number of rotatable bonds is 1. The number of hydrogen-bond donors (Lipinski definition) is 1. The van der Waals surface area contributed by atoms with E-state index in [1.165, 1.54) is 44.1 Å². The fourth-order valence-corrected chi connectivity index (χ4v) is 6.02. The molecular weight excluding hydrogens is 218 g/mol. The van der Waals surface area contributed by atoms with Crippen LogP contribution in [0.5, 0.6) is 0 Å². The Morgan fingerprint density at radius 1 is 1.06 bits per heavy atom. The quantitative estimate of drug-likeness (QED) is 0.735. The third-order valence-electron chi connectivity index (χ3n) is 5.89. The van der Waals surface area contributed by atoms with Gasteiger partial charge in [0.1, 0.15) is 0 Å². The molecule has 0 saturated heterocycles. The average Bonchev–Trinajstić information content (AvgIpc) is 2.25. The Hall–Kier alpha value is -0.980. The van der Waals surface area contributed by atoms with Crippen LogP contribution in [-0.2, 0) is 5.41 Å². The molecule has 0 radical (unpaired) electrons. The second-order valence-electron chi connectivity index (χ2n) is 7.64. The second kappa shape index (κ2) is 3.31. The first-order chi connectivity index (χ1) is 8.59. The number of hydrogen-bond acceptors (Lipinski definition) is 1. The van der Waals surface area contributed by atoms with Crippen LogP contribution in [0.25, 0.3) is 0 Å². The fraction of sp³-hybridized carbons (Fsp3) is 0.647. The Morgan fingerprint density at radius 3 is 2.33 bits per heavy atom. The minimum absolute atomic E-state index is 0.421. The van der Waals surface area contributed by atoms with Crippen molar-refractivity contribution >= 4 is 5.69 Å². The molecule has 0 amide bonds. The maximum absolute atomic E-state index is 6.29. The molecule has 4 bridgehead atoms. The van der Waals surface area contributed by atoms with Crippen molar-refractivity contribution in [3.05, 3.63) is 29.8 Å². The first kappa shape index (κ1) is 10.9. The lowest BCUT2D eigenvalue weighted by Crippen LogP contribution is -2.53. The summed E-state index contributed by atoms with van der Waals surface area (Å²) in [5.41, 5.74) is 9.80. The van der Waals surface area contributed by atoms with Gasteiger partial charge in [-0.1, -0.05) is 25.1 Å². The summed E-state index contributed by atoms with van der Waals surface area (Å²) in [6.07, 6.45) is 8.60. The monoisotopic (exact) mass is 241 g/mol. The van der Waals surface area contributed by atoms with Gasteiger partial charge in [0.2, 0.25) is 0 Å². The van der Waals surface area contributed by atoms with Gasteiger partial charge in [-0.2, -0.15) is 0 Å². The SMILES string of the molecule is CC12CC3CC(C1)CC(c1ccccc1N)(C3)C2. The van der Waals surface area contributed by atoms with Crippen LogP contribution in [0.1, 0.15) is 51.0 Å². The minimum atomic E-state index is 0.421.